The van der Waals surface area contributed by atoms with Crippen LogP contribution in [0.15, 0.2) is 42.5 Å². The van der Waals surface area contributed by atoms with Crippen molar-refractivity contribution < 1.29 is 4.39 Å². The minimum atomic E-state index is -0.408. The standard InChI is InChI=1S/C18H18FN3/c19-18-14(16-12-13-6-2-3-7-15(13)20-16)8-9-17(21-18)22-10-4-1-5-11-22/h2-3,6-9,12,20H,1,4-5,10-11H2/i19-1. The lowest BCUT2D eigenvalue weighted by Gasteiger charge is -2.27. The summed E-state index contributed by atoms with van der Waals surface area (Å²) >= 11 is 0. The molecule has 4 heteroatoms. The number of benzene rings is 1. The Morgan fingerprint density at radius 3 is 2.59 bits per heavy atom. The van der Waals surface area contributed by atoms with Crippen LogP contribution in [0.3, 0.4) is 0 Å². The lowest BCUT2D eigenvalue weighted by molar-refractivity contribution is 0.555. The number of pyridine rings is 1. The molecule has 0 amide bonds. The molecule has 3 heterocycles. The van der Waals surface area contributed by atoms with Crippen molar-refractivity contribution in [2.45, 2.75) is 19.3 Å². The van der Waals surface area contributed by atoms with Crippen LogP contribution in [0, 0.1) is 5.95 Å². The number of hydrogen-bond acceptors (Lipinski definition) is 2. The van der Waals surface area contributed by atoms with E-state index in [0.29, 0.717) is 5.56 Å². The van der Waals surface area contributed by atoms with Crippen LogP contribution in [0.25, 0.3) is 22.2 Å². The van der Waals surface area contributed by atoms with Gasteiger partial charge in [-0.2, -0.15) is 4.39 Å². The molecule has 2 aromatic heterocycles. The van der Waals surface area contributed by atoms with E-state index in [9.17, 15) is 4.39 Å². The molecule has 0 atom stereocenters. The Bertz CT molecular complexity index is 770. The van der Waals surface area contributed by atoms with Gasteiger partial charge in [0.05, 0.1) is 11.3 Å². The fraction of sp³-hybridized carbons (Fsp3) is 0.278. The van der Waals surface area contributed by atoms with Crippen LogP contribution in [-0.2, 0) is 0 Å². The Morgan fingerprint density at radius 2 is 1.82 bits per heavy atom. The summed E-state index contributed by atoms with van der Waals surface area (Å²) in [5.41, 5.74) is 2.31. The molecule has 1 aliphatic heterocycles. The van der Waals surface area contributed by atoms with Crippen molar-refractivity contribution in [3.63, 3.8) is 0 Å². The second kappa shape index (κ2) is 5.44. The highest BCUT2D eigenvalue weighted by atomic mass is 18.2. The van der Waals surface area contributed by atoms with E-state index >= 15 is 0 Å². The van der Waals surface area contributed by atoms with E-state index in [0.717, 1.165) is 48.3 Å². The maximum atomic E-state index is 14.5. The molecule has 1 aliphatic rings. The summed E-state index contributed by atoms with van der Waals surface area (Å²) in [7, 11) is 0. The zero-order valence-corrected chi connectivity index (χ0v) is 12.3. The second-order valence-corrected chi connectivity index (χ2v) is 5.83. The van der Waals surface area contributed by atoms with Crippen LogP contribution < -0.4 is 4.90 Å². The Labute approximate surface area is 128 Å². The van der Waals surface area contributed by atoms with Gasteiger partial charge < -0.3 is 9.88 Å². The van der Waals surface area contributed by atoms with E-state index in [1.165, 1.54) is 6.42 Å². The number of nitrogens with one attached hydrogen (secondary N) is 1. The summed E-state index contributed by atoms with van der Waals surface area (Å²) in [5, 5.41) is 1.08. The second-order valence-electron chi connectivity index (χ2n) is 5.83. The van der Waals surface area contributed by atoms with Gasteiger partial charge in [-0.1, -0.05) is 18.2 Å². The smallest absolute Gasteiger partial charge is 0.224 e. The number of fused-ring (bicyclic) bond motifs is 1. The van der Waals surface area contributed by atoms with Crippen molar-refractivity contribution in [1.82, 2.24) is 9.97 Å². The zero-order valence-electron chi connectivity index (χ0n) is 12.3. The van der Waals surface area contributed by atoms with Gasteiger partial charge >= 0.3 is 0 Å². The van der Waals surface area contributed by atoms with Crippen LogP contribution in [0.4, 0.5) is 10.2 Å². The lowest BCUT2D eigenvalue weighted by atomic mass is 10.1. The Kier molecular flexibility index (Phi) is 3.29. The highest BCUT2D eigenvalue weighted by Gasteiger charge is 2.15. The van der Waals surface area contributed by atoms with Gasteiger partial charge in [-0.05, 0) is 43.5 Å². The number of anilines is 1. The molecular formula is C18H18FN3. The molecule has 0 aliphatic carbocycles. The van der Waals surface area contributed by atoms with Gasteiger partial charge in [0, 0.05) is 24.0 Å². The van der Waals surface area contributed by atoms with E-state index in [-0.39, 0.29) is 0 Å². The van der Waals surface area contributed by atoms with Crippen LogP contribution in [0.1, 0.15) is 19.3 Å². The van der Waals surface area contributed by atoms with E-state index in [2.05, 4.69) is 14.9 Å². The normalized spacial score (nSPS) is 15.4. The predicted octanol–water partition coefficient (Wildman–Crippen LogP) is 4.36. The predicted molar refractivity (Wildman–Crippen MR) is 87.6 cm³/mol. The molecule has 0 radical (unpaired) electrons. The maximum Gasteiger partial charge on any atom is 0.224 e. The summed E-state index contributed by atoms with van der Waals surface area (Å²) in [6, 6.07) is 13.7. The van der Waals surface area contributed by atoms with Crippen molar-refractivity contribution in [1.29, 1.82) is 0 Å². The summed E-state index contributed by atoms with van der Waals surface area (Å²) in [4.78, 5) is 9.61. The van der Waals surface area contributed by atoms with Gasteiger partial charge in [0.15, 0.2) is 0 Å². The molecule has 0 unspecified atom stereocenters. The van der Waals surface area contributed by atoms with Crippen molar-refractivity contribution in [2.75, 3.05) is 18.0 Å². The minimum Gasteiger partial charge on any atom is -0.357 e. The van der Waals surface area contributed by atoms with Gasteiger partial charge in [-0.3, -0.25) is 0 Å². The number of piperidine rings is 1. The first-order valence-corrected chi connectivity index (χ1v) is 7.81. The maximum absolute atomic E-state index is 14.5. The van der Waals surface area contributed by atoms with E-state index in [4.69, 9.17) is 0 Å². The molecule has 4 rings (SSSR count). The summed E-state index contributed by atoms with van der Waals surface area (Å²) < 4.78 is 14.5. The summed E-state index contributed by atoms with van der Waals surface area (Å²) in [5.74, 6) is 0.340. The monoisotopic (exact) mass is 294 g/mol. The van der Waals surface area contributed by atoms with Gasteiger partial charge in [0.2, 0.25) is 5.95 Å². The average molecular weight is 294 g/mol. The molecule has 0 saturated carbocycles. The largest absolute Gasteiger partial charge is 0.357 e. The SMILES string of the molecule is [18F]c1nc(N2CCCCC2)ccc1-c1cc2ccccc2[nH]1. The average Bonchev–Trinajstić information content (AvgIpc) is 2.99. The number of halogens is 1. The van der Waals surface area contributed by atoms with Crippen LogP contribution in [0.5, 0.6) is 0 Å². The first-order chi connectivity index (χ1) is 10.8. The third-order valence-electron chi connectivity index (χ3n) is 4.33. The fourth-order valence-electron chi connectivity index (χ4n) is 3.14. The minimum absolute atomic E-state index is 0.408. The van der Waals surface area contributed by atoms with Crippen molar-refractivity contribution in [3.05, 3.63) is 48.4 Å². The molecular weight excluding hydrogens is 276 g/mol. The molecule has 1 fully saturated rings. The highest BCUT2D eigenvalue weighted by molar-refractivity contribution is 5.85. The van der Waals surface area contributed by atoms with E-state index in [1.807, 2.05) is 42.5 Å². The number of nitrogens with zero attached hydrogens (tertiary/aromatic N) is 2. The number of aromatic nitrogens is 2. The van der Waals surface area contributed by atoms with Gasteiger partial charge in [0.25, 0.3) is 0 Å². The topological polar surface area (TPSA) is 31.9 Å². The molecule has 3 aromatic rings. The quantitative estimate of drug-likeness (QED) is 0.712. The Hall–Kier alpha value is -2.36. The first-order valence-electron chi connectivity index (χ1n) is 7.81. The van der Waals surface area contributed by atoms with Crippen LogP contribution >= 0.6 is 0 Å². The van der Waals surface area contributed by atoms with E-state index < -0.39 is 5.95 Å². The molecule has 0 spiro atoms. The van der Waals surface area contributed by atoms with Crippen LogP contribution in [-0.4, -0.2) is 23.1 Å². The van der Waals surface area contributed by atoms with Crippen LogP contribution in [0.2, 0.25) is 0 Å². The highest BCUT2D eigenvalue weighted by Crippen LogP contribution is 2.27. The zero-order chi connectivity index (χ0) is 14.9. The van der Waals surface area contributed by atoms with Crippen molar-refractivity contribution in [2.24, 2.45) is 0 Å². The Balaban J connectivity index is 1.70. The molecule has 3 nitrogen and oxygen atoms in total. The lowest BCUT2D eigenvalue weighted by Crippen LogP contribution is -2.30. The molecule has 0 bridgehead atoms. The van der Waals surface area contributed by atoms with E-state index in [1.54, 1.807) is 0 Å². The first kappa shape index (κ1) is 13.3. The Morgan fingerprint density at radius 1 is 1.00 bits per heavy atom. The van der Waals surface area contributed by atoms with Gasteiger partial charge in [-0.15, -0.1) is 0 Å². The molecule has 112 valence electrons. The van der Waals surface area contributed by atoms with Crippen molar-refractivity contribution in [3.8, 4) is 11.3 Å². The number of H-pyrrole nitrogens is 1. The number of aromatic amines is 1. The summed E-state index contributed by atoms with van der Waals surface area (Å²) in [6.07, 6.45) is 3.58. The molecule has 1 N–H and O–H groups in total. The number of para-hydroxylation sites is 1. The van der Waals surface area contributed by atoms with Gasteiger partial charge in [0.1, 0.15) is 5.82 Å². The van der Waals surface area contributed by atoms with Gasteiger partial charge in [-0.25, -0.2) is 4.98 Å². The number of hydrogen-bond donors (Lipinski definition) is 1. The molecule has 22 heavy (non-hydrogen) atoms. The molecule has 1 saturated heterocycles. The number of rotatable bonds is 2. The summed E-state index contributed by atoms with van der Waals surface area (Å²) in [6.45, 7) is 1.94. The third-order valence-corrected chi connectivity index (χ3v) is 4.33. The third kappa shape index (κ3) is 2.34. The van der Waals surface area contributed by atoms with Crippen molar-refractivity contribution >= 4 is 16.7 Å². The fourth-order valence-corrected chi connectivity index (χ4v) is 3.14. The molecule has 1 aromatic carbocycles.